The molecule has 3 rings (SSSR count). The molecule has 0 aliphatic carbocycles. The summed E-state index contributed by atoms with van der Waals surface area (Å²) < 4.78 is 38.7. The van der Waals surface area contributed by atoms with Gasteiger partial charge < -0.3 is 9.26 Å². The van der Waals surface area contributed by atoms with E-state index in [2.05, 4.69) is 9.88 Å². The first-order valence-electron chi connectivity index (χ1n) is 7.56. The van der Waals surface area contributed by atoms with Gasteiger partial charge in [0.1, 0.15) is 10.6 Å². The van der Waals surface area contributed by atoms with E-state index < -0.39 is 10.0 Å². The number of rotatable bonds is 6. The van der Waals surface area contributed by atoms with Crippen LogP contribution in [-0.4, -0.2) is 20.7 Å². The van der Waals surface area contributed by atoms with E-state index in [9.17, 15) is 8.42 Å². The van der Waals surface area contributed by atoms with Gasteiger partial charge in [0.25, 0.3) is 0 Å². The average Bonchev–Trinajstić information content (AvgIpc) is 3.21. The Labute approximate surface area is 150 Å². The lowest BCUT2D eigenvalue weighted by Crippen LogP contribution is -2.24. The number of hydrogen-bond donors (Lipinski definition) is 1. The molecular formula is C17H18N2O4S2. The van der Waals surface area contributed by atoms with Crippen LogP contribution >= 0.6 is 11.3 Å². The van der Waals surface area contributed by atoms with E-state index in [1.165, 1.54) is 17.5 Å². The molecular weight excluding hydrogens is 360 g/mol. The van der Waals surface area contributed by atoms with Crippen LogP contribution in [-0.2, 0) is 16.6 Å². The number of ether oxygens (including phenoxy) is 1. The van der Waals surface area contributed by atoms with Gasteiger partial charge in [-0.1, -0.05) is 17.3 Å². The second-order valence-corrected chi connectivity index (χ2v) is 8.60. The molecule has 0 saturated carbocycles. The summed E-state index contributed by atoms with van der Waals surface area (Å²) in [6, 6.07) is 8.90. The number of nitrogens with one attached hydrogen (secondary N) is 1. The Morgan fingerprint density at radius 2 is 1.88 bits per heavy atom. The van der Waals surface area contributed by atoms with Crippen molar-refractivity contribution in [2.24, 2.45) is 0 Å². The molecule has 1 N–H and O–H groups in total. The van der Waals surface area contributed by atoms with Crippen LogP contribution in [0.1, 0.15) is 15.3 Å². The molecule has 0 unspecified atom stereocenters. The van der Waals surface area contributed by atoms with Crippen LogP contribution in [0.15, 0.2) is 45.9 Å². The maximum absolute atomic E-state index is 12.9. The Bertz CT molecular complexity index is 959. The molecule has 2 heterocycles. The maximum atomic E-state index is 12.9. The highest BCUT2D eigenvalue weighted by Gasteiger charge is 2.27. The summed E-state index contributed by atoms with van der Waals surface area (Å²) in [6.07, 6.45) is 1.50. The summed E-state index contributed by atoms with van der Waals surface area (Å²) in [5, 5.41) is 3.68. The third-order valence-corrected chi connectivity index (χ3v) is 6.51. The highest BCUT2D eigenvalue weighted by molar-refractivity contribution is 7.89. The number of sulfonamides is 1. The molecule has 3 aromatic rings. The van der Waals surface area contributed by atoms with E-state index in [1.807, 2.05) is 19.1 Å². The van der Waals surface area contributed by atoms with Crippen LogP contribution in [0.5, 0.6) is 5.75 Å². The molecule has 0 aliphatic rings. The van der Waals surface area contributed by atoms with Crippen molar-refractivity contribution in [2.75, 3.05) is 7.11 Å². The van der Waals surface area contributed by atoms with Crippen molar-refractivity contribution >= 4 is 21.4 Å². The fourth-order valence-electron chi connectivity index (χ4n) is 2.61. The molecule has 0 spiro atoms. The van der Waals surface area contributed by atoms with Gasteiger partial charge in [0.2, 0.25) is 10.0 Å². The van der Waals surface area contributed by atoms with E-state index in [0.29, 0.717) is 16.2 Å². The van der Waals surface area contributed by atoms with E-state index in [4.69, 9.17) is 9.26 Å². The molecule has 0 radical (unpaired) electrons. The van der Waals surface area contributed by atoms with Crippen molar-refractivity contribution in [3.63, 3.8) is 0 Å². The number of hydrogen-bond acceptors (Lipinski definition) is 6. The van der Waals surface area contributed by atoms with Gasteiger partial charge in [0, 0.05) is 22.4 Å². The highest BCUT2D eigenvalue weighted by atomic mass is 32.2. The predicted octanol–water partition coefficient (Wildman–Crippen LogP) is 3.51. The quantitative estimate of drug-likeness (QED) is 0.710. The second kappa shape index (κ2) is 6.99. The molecule has 8 heteroatoms. The molecule has 0 amide bonds. The zero-order valence-corrected chi connectivity index (χ0v) is 15.7. The molecule has 0 saturated heterocycles. The maximum Gasteiger partial charge on any atom is 0.242 e. The lowest BCUT2D eigenvalue weighted by atomic mass is 10.2. The SMILES string of the molecule is COc1ccc(CNS(=O)(=O)c2c(C)sc(C)c2-c2ccno2)cc1. The molecule has 2 aromatic heterocycles. The van der Waals surface area contributed by atoms with E-state index in [-0.39, 0.29) is 11.4 Å². The molecule has 0 fully saturated rings. The van der Waals surface area contributed by atoms with Crippen LogP contribution < -0.4 is 9.46 Å². The van der Waals surface area contributed by atoms with Crippen molar-refractivity contribution in [1.82, 2.24) is 9.88 Å². The second-order valence-electron chi connectivity index (χ2n) is 5.47. The molecule has 0 bridgehead atoms. The molecule has 1 aromatic carbocycles. The first-order chi connectivity index (χ1) is 11.9. The fraction of sp³-hybridized carbons (Fsp3) is 0.235. The Kier molecular flexibility index (Phi) is 4.94. The van der Waals surface area contributed by atoms with E-state index >= 15 is 0 Å². The van der Waals surface area contributed by atoms with Gasteiger partial charge in [0.05, 0.1) is 18.9 Å². The smallest absolute Gasteiger partial charge is 0.242 e. The van der Waals surface area contributed by atoms with Gasteiger partial charge in [-0.15, -0.1) is 11.3 Å². The third kappa shape index (κ3) is 3.60. The first-order valence-corrected chi connectivity index (χ1v) is 9.86. The summed E-state index contributed by atoms with van der Waals surface area (Å²) in [4.78, 5) is 1.84. The van der Waals surface area contributed by atoms with Crippen LogP contribution in [0.2, 0.25) is 0 Å². The molecule has 6 nitrogen and oxygen atoms in total. The summed E-state index contributed by atoms with van der Waals surface area (Å²) in [5.41, 5.74) is 1.41. The minimum atomic E-state index is -3.70. The predicted molar refractivity (Wildman–Crippen MR) is 96.3 cm³/mol. The molecule has 132 valence electrons. The van der Waals surface area contributed by atoms with Gasteiger partial charge in [-0.25, -0.2) is 13.1 Å². The fourth-order valence-corrected chi connectivity index (χ4v) is 5.49. The Balaban J connectivity index is 1.90. The van der Waals surface area contributed by atoms with Crippen LogP contribution in [0.3, 0.4) is 0 Å². The zero-order valence-electron chi connectivity index (χ0n) is 14.1. The standard InChI is InChI=1S/C17H18N2O4S2/c1-11-16(15-8-9-18-23-15)17(12(2)24-11)25(20,21)19-10-13-4-6-14(22-3)7-5-13/h4-9,19H,10H2,1-3H3. The lowest BCUT2D eigenvalue weighted by Gasteiger charge is -2.09. The van der Waals surface area contributed by atoms with Crippen LogP contribution in [0, 0.1) is 13.8 Å². The molecule has 0 atom stereocenters. The summed E-state index contributed by atoms with van der Waals surface area (Å²) in [6.45, 7) is 3.86. The van der Waals surface area contributed by atoms with Gasteiger partial charge in [-0.3, -0.25) is 0 Å². The highest BCUT2D eigenvalue weighted by Crippen LogP contribution is 2.38. The molecule has 25 heavy (non-hydrogen) atoms. The van der Waals surface area contributed by atoms with Gasteiger partial charge in [-0.2, -0.15) is 0 Å². The topological polar surface area (TPSA) is 81.4 Å². The van der Waals surface area contributed by atoms with Crippen LogP contribution in [0.25, 0.3) is 11.3 Å². The zero-order chi connectivity index (χ0) is 18.0. The number of aryl methyl sites for hydroxylation is 2. The van der Waals surface area contributed by atoms with Crippen LogP contribution in [0.4, 0.5) is 0 Å². The van der Waals surface area contributed by atoms with Crippen molar-refractivity contribution in [1.29, 1.82) is 0 Å². The van der Waals surface area contributed by atoms with Crippen molar-refractivity contribution in [3.8, 4) is 17.1 Å². The summed E-state index contributed by atoms with van der Waals surface area (Å²) >= 11 is 1.42. The van der Waals surface area contributed by atoms with E-state index in [1.54, 1.807) is 32.2 Å². The van der Waals surface area contributed by atoms with Crippen molar-refractivity contribution in [2.45, 2.75) is 25.3 Å². The van der Waals surface area contributed by atoms with Gasteiger partial charge >= 0.3 is 0 Å². The minimum Gasteiger partial charge on any atom is -0.497 e. The minimum absolute atomic E-state index is 0.191. The Morgan fingerprint density at radius 3 is 2.48 bits per heavy atom. The Morgan fingerprint density at radius 1 is 1.16 bits per heavy atom. The number of thiophene rings is 1. The summed E-state index contributed by atoms with van der Waals surface area (Å²) in [7, 11) is -2.11. The van der Waals surface area contributed by atoms with Crippen molar-refractivity contribution < 1.29 is 17.7 Å². The summed E-state index contributed by atoms with van der Waals surface area (Å²) in [5.74, 6) is 1.18. The molecule has 0 aliphatic heterocycles. The van der Waals surface area contributed by atoms with Crippen molar-refractivity contribution in [3.05, 3.63) is 51.8 Å². The van der Waals surface area contributed by atoms with Gasteiger partial charge in [0.15, 0.2) is 5.76 Å². The van der Waals surface area contributed by atoms with Gasteiger partial charge in [-0.05, 0) is 31.5 Å². The number of nitrogens with zero attached hydrogens (tertiary/aromatic N) is 1. The Hall–Kier alpha value is -2.16. The number of methoxy groups -OCH3 is 1. The third-order valence-electron chi connectivity index (χ3n) is 3.78. The lowest BCUT2D eigenvalue weighted by molar-refractivity contribution is 0.414. The number of aromatic nitrogens is 1. The average molecular weight is 378 g/mol. The largest absolute Gasteiger partial charge is 0.497 e. The first kappa shape index (κ1) is 17.7. The van der Waals surface area contributed by atoms with E-state index in [0.717, 1.165) is 16.2 Å². The number of benzene rings is 1. The monoisotopic (exact) mass is 378 g/mol. The normalized spacial score (nSPS) is 11.6.